The van der Waals surface area contributed by atoms with Crippen molar-refractivity contribution in [3.8, 4) is 0 Å². The number of nitrogens with zero attached hydrogens (tertiary/aromatic N) is 2. The van der Waals surface area contributed by atoms with Gasteiger partial charge in [-0.1, -0.05) is 0 Å². The Hall–Kier alpha value is -1.54. The molecule has 1 aromatic rings. The number of aromatic nitrogens is 2. The molecule has 1 amide bonds. The first-order valence-corrected chi connectivity index (χ1v) is 7.34. The summed E-state index contributed by atoms with van der Waals surface area (Å²) in [7, 11) is 1.82. The zero-order chi connectivity index (χ0) is 15.3. The fraction of sp³-hybridized carbons (Fsp3) is 0.583. The van der Waals surface area contributed by atoms with Crippen LogP contribution in [0.1, 0.15) is 17.8 Å². The number of carbonyl (C=O) groups is 2. The van der Waals surface area contributed by atoms with Crippen molar-refractivity contribution in [1.29, 1.82) is 0 Å². The SMILES string of the molecule is Cc1nn(C)c(C)c1NC(=O)CSCCC(N)C(=O)O. The van der Waals surface area contributed by atoms with Crippen LogP contribution in [0.4, 0.5) is 5.69 Å². The second-order valence-electron chi connectivity index (χ2n) is 4.50. The topological polar surface area (TPSA) is 110 Å². The number of thioether (sulfide) groups is 1. The Bertz CT molecular complexity index is 501. The van der Waals surface area contributed by atoms with Crippen molar-refractivity contribution in [2.45, 2.75) is 26.3 Å². The molecule has 1 rings (SSSR count). The van der Waals surface area contributed by atoms with Crippen LogP contribution in [0.25, 0.3) is 0 Å². The molecule has 1 aromatic heterocycles. The van der Waals surface area contributed by atoms with Crippen LogP contribution in [0, 0.1) is 13.8 Å². The summed E-state index contributed by atoms with van der Waals surface area (Å²) < 4.78 is 1.71. The number of carboxylic acid groups (broad SMARTS) is 1. The summed E-state index contributed by atoms with van der Waals surface area (Å²) in [6.45, 7) is 3.72. The van der Waals surface area contributed by atoms with E-state index >= 15 is 0 Å². The molecule has 0 spiro atoms. The van der Waals surface area contributed by atoms with Crippen LogP contribution in [0.2, 0.25) is 0 Å². The number of aliphatic carboxylic acids is 1. The first-order chi connectivity index (χ1) is 9.32. The number of hydrogen-bond donors (Lipinski definition) is 3. The lowest BCUT2D eigenvalue weighted by atomic mass is 10.2. The van der Waals surface area contributed by atoms with E-state index in [4.69, 9.17) is 10.8 Å². The number of carboxylic acids is 1. The van der Waals surface area contributed by atoms with Crippen molar-refractivity contribution in [3.63, 3.8) is 0 Å². The van der Waals surface area contributed by atoms with Crippen molar-refractivity contribution >= 4 is 29.3 Å². The molecule has 0 aromatic carbocycles. The summed E-state index contributed by atoms with van der Waals surface area (Å²) >= 11 is 1.36. The van der Waals surface area contributed by atoms with E-state index in [2.05, 4.69) is 10.4 Å². The van der Waals surface area contributed by atoms with Crippen LogP contribution in [0.5, 0.6) is 0 Å². The lowest BCUT2D eigenvalue weighted by Crippen LogP contribution is -2.30. The zero-order valence-electron chi connectivity index (χ0n) is 11.8. The van der Waals surface area contributed by atoms with Gasteiger partial charge in [-0.05, 0) is 26.0 Å². The van der Waals surface area contributed by atoms with E-state index in [0.717, 1.165) is 17.1 Å². The fourth-order valence-corrected chi connectivity index (χ4v) is 2.45. The predicted molar refractivity (Wildman–Crippen MR) is 78.9 cm³/mol. The minimum Gasteiger partial charge on any atom is -0.480 e. The minimum absolute atomic E-state index is 0.127. The molecule has 4 N–H and O–H groups in total. The molecule has 0 fully saturated rings. The molecule has 0 aliphatic carbocycles. The Balaban J connectivity index is 2.36. The largest absolute Gasteiger partial charge is 0.480 e. The maximum absolute atomic E-state index is 11.8. The number of carbonyl (C=O) groups excluding carboxylic acids is 1. The molecule has 1 unspecified atom stereocenters. The predicted octanol–water partition coefficient (Wildman–Crippen LogP) is 0.511. The van der Waals surface area contributed by atoms with Crippen molar-refractivity contribution in [2.75, 3.05) is 16.8 Å². The first kappa shape index (κ1) is 16.5. The highest BCUT2D eigenvalue weighted by atomic mass is 32.2. The molecular formula is C12H20N4O3S. The quantitative estimate of drug-likeness (QED) is 0.633. The highest BCUT2D eigenvalue weighted by Crippen LogP contribution is 2.18. The number of amides is 1. The van der Waals surface area contributed by atoms with Gasteiger partial charge >= 0.3 is 5.97 Å². The number of aryl methyl sites for hydroxylation is 2. The van der Waals surface area contributed by atoms with Gasteiger partial charge in [0, 0.05) is 7.05 Å². The molecular weight excluding hydrogens is 280 g/mol. The average Bonchev–Trinajstić information content (AvgIpc) is 2.61. The number of hydrogen-bond acceptors (Lipinski definition) is 5. The highest BCUT2D eigenvalue weighted by molar-refractivity contribution is 7.99. The zero-order valence-corrected chi connectivity index (χ0v) is 12.7. The van der Waals surface area contributed by atoms with Crippen molar-refractivity contribution in [3.05, 3.63) is 11.4 Å². The number of nitrogens with one attached hydrogen (secondary N) is 1. The van der Waals surface area contributed by atoms with Gasteiger partial charge in [-0.25, -0.2) is 0 Å². The third kappa shape index (κ3) is 4.53. The van der Waals surface area contributed by atoms with Gasteiger partial charge in [0.25, 0.3) is 0 Å². The summed E-state index contributed by atoms with van der Waals surface area (Å²) in [6.07, 6.45) is 0.345. The third-order valence-electron chi connectivity index (χ3n) is 2.90. The van der Waals surface area contributed by atoms with Crippen LogP contribution in [-0.4, -0.2) is 44.3 Å². The Labute approximate surface area is 121 Å². The Morgan fingerprint density at radius 3 is 2.65 bits per heavy atom. The summed E-state index contributed by atoms with van der Waals surface area (Å²) in [4.78, 5) is 22.3. The van der Waals surface area contributed by atoms with Gasteiger partial charge in [-0.3, -0.25) is 14.3 Å². The van der Waals surface area contributed by atoms with Gasteiger partial charge in [0.2, 0.25) is 5.91 Å². The summed E-state index contributed by atoms with van der Waals surface area (Å²) in [5.41, 5.74) is 7.78. The van der Waals surface area contributed by atoms with Crippen molar-refractivity contribution in [1.82, 2.24) is 9.78 Å². The van der Waals surface area contributed by atoms with Gasteiger partial charge in [-0.2, -0.15) is 16.9 Å². The van der Waals surface area contributed by atoms with Crippen LogP contribution in [-0.2, 0) is 16.6 Å². The monoisotopic (exact) mass is 300 g/mol. The Morgan fingerprint density at radius 2 is 2.15 bits per heavy atom. The van der Waals surface area contributed by atoms with E-state index < -0.39 is 12.0 Å². The van der Waals surface area contributed by atoms with E-state index in [1.54, 1.807) is 4.68 Å². The summed E-state index contributed by atoms with van der Waals surface area (Å²) in [6, 6.07) is -0.867. The molecule has 7 nitrogen and oxygen atoms in total. The van der Waals surface area contributed by atoms with E-state index in [0.29, 0.717) is 12.2 Å². The first-order valence-electron chi connectivity index (χ1n) is 6.19. The number of anilines is 1. The highest BCUT2D eigenvalue weighted by Gasteiger charge is 2.13. The third-order valence-corrected chi connectivity index (χ3v) is 3.89. The van der Waals surface area contributed by atoms with E-state index in [1.807, 2.05) is 20.9 Å². The maximum atomic E-state index is 11.8. The number of rotatable bonds is 7. The summed E-state index contributed by atoms with van der Waals surface area (Å²) in [5, 5.41) is 15.7. The molecule has 0 radical (unpaired) electrons. The van der Waals surface area contributed by atoms with Gasteiger partial charge < -0.3 is 16.2 Å². The normalized spacial score (nSPS) is 12.2. The van der Waals surface area contributed by atoms with Crippen molar-refractivity contribution < 1.29 is 14.7 Å². The molecule has 112 valence electrons. The van der Waals surface area contributed by atoms with Crippen LogP contribution >= 0.6 is 11.8 Å². The molecule has 0 aliphatic heterocycles. The average molecular weight is 300 g/mol. The fourth-order valence-electron chi connectivity index (χ4n) is 1.63. The van der Waals surface area contributed by atoms with Gasteiger partial charge in [-0.15, -0.1) is 0 Å². The van der Waals surface area contributed by atoms with Gasteiger partial charge in [0.1, 0.15) is 6.04 Å². The van der Waals surface area contributed by atoms with Gasteiger partial charge in [0.05, 0.1) is 22.8 Å². The molecule has 0 saturated heterocycles. The minimum atomic E-state index is -1.02. The molecule has 0 bridgehead atoms. The van der Waals surface area contributed by atoms with Crippen LogP contribution in [0.3, 0.4) is 0 Å². The molecule has 0 saturated carbocycles. The Kier molecular flexibility index (Phi) is 6.03. The lowest BCUT2D eigenvalue weighted by molar-refractivity contribution is -0.138. The van der Waals surface area contributed by atoms with Crippen LogP contribution < -0.4 is 11.1 Å². The van der Waals surface area contributed by atoms with E-state index in [-0.39, 0.29) is 11.7 Å². The second-order valence-corrected chi connectivity index (χ2v) is 5.61. The molecule has 0 aliphatic rings. The van der Waals surface area contributed by atoms with Crippen LogP contribution in [0.15, 0.2) is 0 Å². The maximum Gasteiger partial charge on any atom is 0.320 e. The lowest BCUT2D eigenvalue weighted by Gasteiger charge is -2.07. The van der Waals surface area contributed by atoms with E-state index in [1.165, 1.54) is 11.8 Å². The Morgan fingerprint density at radius 1 is 1.50 bits per heavy atom. The number of nitrogens with two attached hydrogens (primary N) is 1. The molecule has 20 heavy (non-hydrogen) atoms. The molecule has 1 heterocycles. The second kappa shape index (κ2) is 7.30. The molecule has 8 heteroatoms. The van der Waals surface area contributed by atoms with E-state index in [9.17, 15) is 9.59 Å². The van der Waals surface area contributed by atoms with Gasteiger partial charge in [0.15, 0.2) is 0 Å². The van der Waals surface area contributed by atoms with Crippen molar-refractivity contribution in [2.24, 2.45) is 12.8 Å². The standard InChI is InChI=1S/C12H20N4O3S/c1-7-11(8(2)16(3)15-7)14-10(17)6-20-5-4-9(13)12(18)19/h9H,4-6,13H2,1-3H3,(H,14,17)(H,18,19). The smallest absolute Gasteiger partial charge is 0.320 e. The molecule has 1 atom stereocenters. The summed E-state index contributed by atoms with van der Waals surface area (Å²) in [5.74, 6) is -0.346.